The van der Waals surface area contributed by atoms with Gasteiger partial charge in [-0.05, 0) is 30.5 Å². The molecule has 25 heavy (non-hydrogen) atoms. The van der Waals surface area contributed by atoms with Gasteiger partial charge in [-0.1, -0.05) is 55.8 Å². The Bertz CT molecular complexity index is 826. The van der Waals surface area contributed by atoms with E-state index in [1.54, 1.807) is 6.20 Å². The smallest absolute Gasteiger partial charge is 0.308 e. The Morgan fingerprint density at radius 3 is 2.72 bits per heavy atom. The summed E-state index contributed by atoms with van der Waals surface area (Å²) in [5.74, 6) is 0. The van der Waals surface area contributed by atoms with Gasteiger partial charge in [0.15, 0.2) is 0 Å². The molecule has 0 unspecified atom stereocenters. The third-order valence-electron chi connectivity index (χ3n) is 3.95. The average Bonchev–Trinajstić information content (AvgIpc) is 3.09. The van der Waals surface area contributed by atoms with Crippen molar-refractivity contribution in [3.8, 4) is 11.3 Å². The monoisotopic (exact) mass is 334 g/mol. The molecule has 128 valence electrons. The number of unbranched alkanes of at least 4 members (excludes halogenated alkanes) is 1. The normalized spacial score (nSPS) is 10.4. The minimum absolute atomic E-state index is 0.286. The maximum absolute atomic E-state index is 12.3. The van der Waals surface area contributed by atoms with Gasteiger partial charge in [0.1, 0.15) is 0 Å². The Morgan fingerprint density at radius 2 is 1.92 bits per heavy atom. The summed E-state index contributed by atoms with van der Waals surface area (Å²) < 4.78 is 0. The fraction of sp³-hybridized carbons (Fsp3) is 0.200. The number of carbonyl (C=O) groups is 1. The highest BCUT2D eigenvalue weighted by Crippen LogP contribution is 2.25. The van der Waals surface area contributed by atoms with Gasteiger partial charge in [-0.15, -0.1) is 0 Å². The lowest BCUT2D eigenvalue weighted by Gasteiger charge is -2.09. The van der Waals surface area contributed by atoms with E-state index in [4.69, 9.17) is 0 Å². The highest BCUT2D eigenvalue weighted by atomic mass is 16.2. The molecule has 0 atom stereocenters. The SMILES string of the molecule is CCCCc1cccc(NC(=O)Nc2cn[nH]c2-c2ccccc2)c1. The zero-order valence-corrected chi connectivity index (χ0v) is 14.3. The number of hydrogen-bond acceptors (Lipinski definition) is 2. The van der Waals surface area contributed by atoms with Crippen LogP contribution in [0.1, 0.15) is 25.3 Å². The molecule has 2 aromatic carbocycles. The average molecular weight is 334 g/mol. The van der Waals surface area contributed by atoms with Crippen LogP contribution in [0.5, 0.6) is 0 Å². The van der Waals surface area contributed by atoms with Gasteiger partial charge in [0.2, 0.25) is 0 Å². The van der Waals surface area contributed by atoms with Crippen LogP contribution in [0, 0.1) is 0 Å². The van der Waals surface area contributed by atoms with E-state index >= 15 is 0 Å². The number of aryl methyl sites for hydroxylation is 1. The van der Waals surface area contributed by atoms with Crippen molar-refractivity contribution in [2.75, 3.05) is 10.6 Å². The maximum Gasteiger partial charge on any atom is 0.323 e. The Hall–Kier alpha value is -3.08. The summed E-state index contributed by atoms with van der Waals surface area (Å²) in [4.78, 5) is 12.3. The molecule has 0 saturated carbocycles. The van der Waals surface area contributed by atoms with Crippen LogP contribution in [0.25, 0.3) is 11.3 Å². The van der Waals surface area contributed by atoms with Gasteiger partial charge in [-0.3, -0.25) is 5.10 Å². The number of amides is 2. The molecule has 1 aromatic heterocycles. The van der Waals surface area contributed by atoms with E-state index in [0.29, 0.717) is 5.69 Å². The van der Waals surface area contributed by atoms with Crippen LogP contribution in [-0.2, 0) is 6.42 Å². The Kier molecular flexibility index (Phi) is 5.46. The minimum atomic E-state index is -0.286. The standard InChI is InChI=1S/C20H22N4O/c1-2-3-8-15-9-7-12-17(13-15)22-20(25)23-18-14-21-24-19(18)16-10-5-4-6-11-16/h4-7,9-14H,2-3,8H2,1H3,(H,21,24)(H2,22,23,25). The third-order valence-corrected chi connectivity index (χ3v) is 3.95. The number of aromatic nitrogens is 2. The molecule has 5 nitrogen and oxygen atoms in total. The van der Waals surface area contributed by atoms with E-state index in [-0.39, 0.29) is 6.03 Å². The van der Waals surface area contributed by atoms with Crippen LogP contribution in [0.4, 0.5) is 16.2 Å². The molecule has 1 heterocycles. The molecule has 0 aliphatic carbocycles. The predicted octanol–water partition coefficient (Wildman–Crippen LogP) is 5.06. The lowest BCUT2D eigenvalue weighted by Crippen LogP contribution is -2.19. The molecule has 2 amide bonds. The van der Waals surface area contributed by atoms with Crippen molar-refractivity contribution in [3.63, 3.8) is 0 Å². The molecule has 0 radical (unpaired) electrons. The van der Waals surface area contributed by atoms with Gasteiger partial charge in [0.25, 0.3) is 0 Å². The summed E-state index contributed by atoms with van der Waals surface area (Å²) in [6.07, 6.45) is 4.93. The summed E-state index contributed by atoms with van der Waals surface area (Å²) in [5, 5.41) is 12.7. The maximum atomic E-state index is 12.3. The number of rotatable bonds is 6. The first kappa shape index (κ1) is 16.8. The zero-order chi connectivity index (χ0) is 17.5. The summed E-state index contributed by atoms with van der Waals surface area (Å²) in [6, 6.07) is 17.4. The van der Waals surface area contributed by atoms with Crippen molar-refractivity contribution in [2.45, 2.75) is 26.2 Å². The van der Waals surface area contributed by atoms with E-state index in [2.05, 4.69) is 33.8 Å². The molecule has 3 aromatic rings. The zero-order valence-electron chi connectivity index (χ0n) is 14.3. The van der Waals surface area contributed by atoms with Crippen LogP contribution < -0.4 is 10.6 Å². The van der Waals surface area contributed by atoms with Gasteiger partial charge in [0.05, 0.1) is 17.6 Å². The first-order valence-electron chi connectivity index (χ1n) is 8.52. The van der Waals surface area contributed by atoms with Gasteiger partial charge < -0.3 is 10.6 Å². The molecular weight excluding hydrogens is 312 g/mol. The molecule has 0 aliphatic heterocycles. The summed E-state index contributed by atoms with van der Waals surface area (Å²) in [5.41, 5.74) is 4.42. The van der Waals surface area contributed by atoms with Crippen molar-refractivity contribution < 1.29 is 4.79 Å². The van der Waals surface area contributed by atoms with Gasteiger partial charge in [0, 0.05) is 11.3 Å². The largest absolute Gasteiger partial charge is 0.323 e. The summed E-state index contributed by atoms with van der Waals surface area (Å²) in [6.45, 7) is 2.17. The van der Waals surface area contributed by atoms with Crippen LogP contribution in [0.2, 0.25) is 0 Å². The number of hydrogen-bond donors (Lipinski definition) is 3. The van der Waals surface area contributed by atoms with Crippen LogP contribution in [0.3, 0.4) is 0 Å². The van der Waals surface area contributed by atoms with Crippen molar-refractivity contribution in [1.82, 2.24) is 10.2 Å². The van der Waals surface area contributed by atoms with Crippen molar-refractivity contribution in [1.29, 1.82) is 0 Å². The van der Waals surface area contributed by atoms with Crippen LogP contribution >= 0.6 is 0 Å². The molecule has 0 aliphatic rings. The van der Waals surface area contributed by atoms with Gasteiger partial charge >= 0.3 is 6.03 Å². The highest BCUT2D eigenvalue weighted by molar-refractivity contribution is 6.01. The van der Waals surface area contributed by atoms with E-state index in [1.807, 2.05) is 48.5 Å². The molecule has 0 bridgehead atoms. The second kappa shape index (κ2) is 8.15. The second-order valence-corrected chi connectivity index (χ2v) is 5.91. The number of benzene rings is 2. The number of nitrogens with zero attached hydrogens (tertiary/aromatic N) is 1. The molecule has 3 N–H and O–H groups in total. The number of carbonyl (C=O) groups excluding carboxylic acids is 1. The number of aromatic amines is 1. The second-order valence-electron chi connectivity index (χ2n) is 5.91. The van der Waals surface area contributed by atoms with E-state index < -0.39 is 0 Å². The fourth-order valence-corrected chi connectivity index (χ4v) is 2.68. The Morgan fingerprint density at radius 1 is 1.08 bits per heavy atom. The Labute approximate surface area is 147 Å². The lowest BCUT2D eigenvalue weighted by atomic mass is 10.1. The minimum Gasteiger partial charge on any atom is -0.308 e. The highest BCUT2D eigenvalue weighted by Gasteiger charge is 2.11. The van der Waals surface area contributed by atoms with Gasteiger partial charge in [-0.2, -0.15) is 5.10 Å². The Balaban J connectivity index is 1.67. The molecule has 3 rings (SSSR count). The molecule has 0 spiro atoms. The molecular formula is C20H22N4O. The predicted molar refractivity (Wildman–Crippen MR) is 102 cm³/mol. The molecule has 0 saturated heterocycles. The fourth-order valence-electron chi connectivity index (χ4n) is 2.68. The van der Waals surface area contributed by atoms with Crippen molar-refractivity contribution >= 4 is 17.4 Å². The number of anilines is 2. The topological polar surface area (TPSA) is 69.8 Å². The van der Waals surface area contributed by atoms with E-state index in [9.17, 15) is 4.79 Å². The van der Waals surface area contributed by atoms with Crippen LogP contribution in [-0.4, -0.2) is 16.2 Å². The third kappa shape index (κ3) is 4.47. The van der Waals surface area contributed by atoms with Crippen molar-refractivity contribution in [2.24, 2.45) is 0 Å². The summed E-state index contributed by atoms with van der Waals surface area (Å²) in [7, 11) is 0. The lowest BCUT2D eigenvalue weighted by molar-refractivity contribution is 0.262. The van der Waals surface area contributed by atoms with Crippen LogP contribution in [0.15, 0.2) is 60.8 Å². The number of nitrogens with one attached hydrogen (secondary N) is 3. The molecule has 0 fully saturated rings. The van der Waals surface area contributed by atoms with Crippen molar-refractivity contribution in [3.05, 3.63) is 66.4 Å². The van der Waals surface area contributed by atoms with E-state index in [1.165, 1.54) is 5.56 Å². The first-order chi connectivity index (χ1) is 12.3. The molecule has 5 heteroatoms. The van der Waals surface area contributed by atoms with Gasteiger partial charge in [-0.25, -0.2) is 4.79 Å². The number of H-pyrrole nitrogens is 1. The van der Waals surface area contributed by atoms with E-state index in [0.717, 1.165) is 36.2 Å². The summed E-state index contributed by atoms with van der Waals surface area (Å²) >= 11 is 0. The number of urea groups is 1. The quantitative estimate of drug-likeness (QED) is 0.589. The first-order valence-corrected chi connectivity index (χ1v) is 8.52.